The van der Waals surface area contributed by atoms with E-state index in [1.807, 2.05) is 0 Å². The first-order valence-corrected chi connectivity index (χ1v) is 9.70. The molecule has 0 saturated heterocycles. The highest BCUT2D eigenvalue weighted by atomic mass is 35.5. The molecule has 26 heavy (non-hydrogen) atoms. The van der Waals surface area contributed by atoms with E-state index in [2.05, 4.69) is 10.6 Å². The number of nitrogens with one attached hydrogen (secondary N) is 2. The van der Waals surface area contributed by atoms with Crippen molar-refractivity contribution in [1.82, 2.24) is 10.6 Å². The maximum Gasteiger partial charge on any atom is 0.288 e. The zero-order chi connectivity index (χ0) is 18.5. The largest absolute Gasteiger partial charge is 0.357 e. The maximum atomic E-state index is 12.4. The van der Waals surface area contributed by atoms with Crippen molar-refractivity contribution >= 4 is 40.5 Å². The van der Waals surface area contributed by atoms with Crippen molar-refractivity contribution in [1.29, 1.82) is 0 Å². The van der Waals surface area contributed by atoms with Crippen LogP contribution in [0.15, 0.2) is 18.2 Å². The summed E-state index contributed by atoms with van der Waals surface area (Å²) in [5, 5.41) is 17.4. The summed E-state index contributed by atoms with van der Waals surface area (Å²) in [6.45, 7) is 0. The summed E-state index contributed by atoms with van der Waals surface area (Å²) in [5.41, 5.74) is -0.125. The fourth-order valence-electron chi connectivity index (χ4n) is 5.50. The van der Waals surface area contributed by atoms with E-state index in [1.54, 1.807) is 0 Å². The average Bonchev–Trinajstić information content (AvgIpc) is 2.52. The van der Waals surface area contributed by atoms with Crippen LogP contribution in [0.25, 0.3) is 0 Å². The van der Waals surface area contributed by atoms with Gasteiger partial charge in [0, 0.05) is 17.2 Å². The Kier molecular flexibility index (Phi) is 4.39. The van der Waals surface area contributed by atoms with Gasteiger partial charge in [-0.25, -0.2) is 0 Å². The van der Waals surface area contributed by atoms with Crippen LogP contribution in [0, 0.1) is 27.9 Å². The summed E-state index contributed by atoms with van der Waals surface area (Å²) in [4.78, 5) is 22.8. The minimum Gasteiger partial charge on any atom is -0.357 e. The second-order valence-electron chi connectivity index (χ2n) is 8.03. The molecule has 5 rings (SSSR count). The van der Waals surface area contributed by atoms with Crippen molar-refractivity contribution in [3.8, 4) is 0 Å². The minimum atomic E-state index is -0.606. The van der Waals surface area contributed by atoms with E-state index < -0.39 is 10.8 Å². The fourth-order valence-corrected chi connectivity index (χ4v) is 6.00. The van der Waals surface area contributed by atoms with Crippen LogP contribution in [0.4, 0.5) is 5.69 Å². The van der Waals surface area contributed by atoms with E-state index in [0.717, 1.165) is 37.0 Å². The molecule has 4 aliphatic rings. The van der Waals surface area contributed by atoms with Gasteiger partial charge in [0.05, 0.1) is 4.92 Å². The molecule has 0 atom stereocenters. The number of nitro benzene ring substituents is 1. The Morgan fingerprint density at radius 3 is 2.31 bits per heavy atom. The Hall–Kier alpha value is -1.73. The Labute approximate surface area is 161 Å². The van der Waals surface area contributed by atoms with Gasteiger partial charge in [-0.15, -0.1) is 0 Å². The molecule has 1 aromatic carbocycles. The Balaban J connectivity index is 1.43. The summed E-state index contributed by atoms with van der Waals surface area (Å²) in [6, 6.07) is 3.98. The molecule has 0 aromatic heterocycles. The van der Waals surface area contributed by atoms with Gasteiger partial charge in [-0.3, -0.25) is 20.2 Å². The van der Waals surface area contributed by atoms with Gasteiger partial charge >= 0.3 is 0 Å². The number of rotatable bonds is 3. The molecule has 1 aromatic rings. The molecule has 8 heteroatoms. The monoisotopic (exact) mass is 393 g/mol. The number of halogens is 1. The Morgan fingerprint density at radius 2 is 1.77 bits per heavy atom. The summed E-state index contributed by atoms with van der Waals surface area (Å²) in [5.74, 6) is 1.84. The lowest BCUT2D eigenvalue weighted by molar-refractivity contribution is -0.384. The Bertz CT molecular complexity index is 763. The molecule has 4 aliphatic carbocycles. The van der Waals surface area contributed by atoms with Gasteiger partial charge in [0.15, 0.2) is 5.11 Å². The molecular weight excluding hydrogens is 374 g/mol. The summed E-state index contributed by atoms with van der Waals surface area (Å²) in [6.07, 6.45) is 7.32. The topological polar surface area (TPSA) is 84.3 Å². The third-order valence-corrected chi connectivity index (χ3v) is 6.57. The minimum absolute atomic E-state index is 0.000758. The van der Waals surface area contributed by atoms with Crippen molar-refractivity contribution < 1.29 is 9.72 Å². The molecule has 0 spiro atoms. The van der Waals surface area contributed by atoms with Crippen LogP contribution in [-0.4, -0.2) is 21.5 Å². The number of nitro groups is 1. The number of carbonyl (C=O) groups excluding carboxylic acids is 1. The van der Waals surface area contributed by atoms with Gasteiger partial charge in [0.1, 0.15) is 5.02 Å². The number of hydrogen-bond donors (Lipinski definition) is 2. The smallest absolute Gasteiger partial charge is 0.288 e. The highest BCUT2D eigenvalue weighted by Crippen LogP contribution is 2.55. The fraction of sp³-hybridized carbons (Fsp3) is 0.556. The number of hydrogen-bond acceptors (Lipinski definition) is 4. The first kappa shape index (κ1) is 17.7. The zero-order valence-electron chi connectivity index (χ0n) is 14.2. The molecule has 6 nitrogen and oxygen atoms in total. The molecule has 0 heterocycles. The second-order valence-corrected chi connectivity index (χ2v) is 8.84. The lowest BCUT2D eigenvalue weighted by Gasteiger charge is -2.57. The van der Waals surface area contributed by atoms with E-state index in [0.29, 0.717) is 5.11 Å². The lowest BCUT2D eigenvalue weighted by Crippen LogP contribution is -2.61. The van der Waals surface area contributed by atoms with Crippen molar-refractivity contribution in [3.63, 3.8) is 0 Å². The number of benzene rings is 1. The van der Waals surface area contributed by atoms with Crippen molar-refractivity contribution in [2.45, 2.75) is 44.1 Å². The van der Waals surface area contributed by atoms with E-state index in [4.69, 9.17) is 23.8 Å². The highest BCUT2D eigenvalue weighted by molar-refractivity contribution is 7.80. The molecule has 0 aliphatic heterocycles. The third kappa shape index (κ3) is 3.30. The SMILES string of the molecule is O=C(NC(=S)NC12CC3CC(CC(C3)C1)C2)c1ccc(Cl)c([N+](=O)[O-])c1. The van der Waals surface area contributed by atoms with Crippen LogP contribution >= 0.6 is 23.8 Å². The number of nitrogens with zero attached hydrogens (tertiary/aromatic N) is 1. The lowest BCUT2D eigenvalue weighted by atomic mass is 9.53. The van der Waals surface area contributed by atoms with E-state index in [-0.39, 0.29) is 21.8 Å². The van der Waals surface area contributed by atoms with Crippen molar-refractivity contribution in [2.24, 2.45) is 17.8 Å². The summed E-state index contributed by atoms with van der Waals surface area (Å²) < 4.78 is 0. The molecule has 2 N–H and O–H groups in total. The van der Waals surface area contributed by atoms with Crippen LogP contribution in [0.5, 0.6) is 0 Å². The first-order chi connectivity index (χ1) is 12.3. The van der Waals surface area contributed by atoms with Crippen LogP contribution in [0.3, 0.4) is 0 Å². The quantitative estimate of drug-likeness (QED) is 0.463. The standard InChI is InChI=1S/C18H20ClN3O3S/c19-14-2-1-13(6-15(14)22(24)25)16(23)20-17(26)21-18-7-10-3-11(8-18)5-12(4-10)9-18/h1-2,6,10-12H,3-5,7-9H2,(H2,20,21,23,26). The van der Waals surface area contributed by atoms with Gasteiger partial charge in [-0.05, 0) is 80.6 Å². The number of thiocarbonyl (C=S) groups is 1. The molecular formula is C18H20ClN3O3S. The average molecular weight is 394 g/mol. The number of carbonyl (C=O) groups is 1. The van der Waals surface area contributed by atoms with Crippen LogP contribution in [-0.2, 0) is 0 Å². The highest BCUT2D eigenvalue weighted by Gasteiger charge is 2.51. The van der Waals surface area contributed by atoms with Gasteiger partial charge < -0.3 is 5.32 Å². The maximum absolute atomic E-state index is 12.4. The summed E-state index contributed by atoms with van der Waals surface area (Å²) in [7, 11) is 0. The summed E-state index contributed by atoms with van der Waals surface area (Å²) >= 11 is 11.2. The molecule has 0 radical (unpaired) electrons. The zero-order valence-corrected chi connectivity index (χ0v) is 15.7. The molecule has 1 amide bonds. The van der Waals surface area contributed by atoms with Crippen LogP contribution < -0.4 is 10.6 Å². The third-order valence-electron chi connectivity index (χ3n) is 6.05. The molecule has 0 unspecified atom stereocenters. The predicted octanol–water partition coefficient (Wildman–Crippen LogP) is 3.82. The van der Waals surface area contributed by atoms with Crippen molar-refractivity contribution in [2.75, 3.05) is 0 Å². The Morgan fingerprint density at radius 1 is 1.19 bits per heavy atom. The van der Waals surface area contributed by atoms with E-state index in [9.17, 15) is 14.9 Å². The molecule has 4 bridgehead atoms. The van der Waals surface area contributed by atoms with Gasteiger partial charge in [0.25, 0.3) is 11.6 Å². The van der Waals surface area contributed by atoms with Crippen LogP contribution in [0.1, 0.15) is 48.9 Å². The van der Waals surface area contributed by atoms with Gasteiger partial charge in [-0.1, -0.05) is 11.6 Å². The molecule has 4 saturated carbocycles. The van der Waals surface area contributed by atoms with E-state index in [1.165, 1.54) is 37.5 Å². The predicted molar refractivity (Wildman–Crippen MR) is 102 cm³/mol. The molecule has 4 fully saturated rings. The van der Waals surface area contributed by atoms with Crippen LogP contribution in [0.2, 0.25) is 5.02 Å². The second kappa shape index (κ2) is 6.46. The normalized spacial score (nSPS) is 31.5. The number of amides is 1. The molecule has 138 valence electrons. The first-order valence-electron chi connectivity index (χ1n) is 8.91. The van der Waals surface area contributed by atoms with E-state index >= 15 is 0 Å². The van der Waals surface area contributed by atoms with Gasteiger partial charge in [0.2, 0.25) is 0 Å². The van der Waals surface area contributed by atoms with Gasteiger partial charge in [-0.2, -0.15) is 0 Å². The van der Waals surface area contributed by atoms with Crippen molar-refractivity contribution in [3.05, 3.63) is 38.9 Å².